The number of anilines is 3. The smallest absolute Gasteiger partial charge is 0.144 e. The van der Waals surface area contributed by atoms with Crippen LogP contribution >= 0.6 is 0 Å². The van der Waals surface area contributed by atoms with E-state index in [9.17, 15) is 0 Å². The normalized spacial score (nSPS) is 15.0. The monoisotopic (exact) mass is 1030 g/mol. The Morgan fingerprint density at radius 1 is 0.350 bits per heavy atom. The van der Waals surface area contributed by atoms with Gasteiger partial charge >= 0.3 is 0 Å². The summed E-state index contributed by atoms with van der Waals surface area (Å²) in [7, 11) is 0. The molecule has 0 unspecified atom stereocenters. The number of nitrogens with zero attached hydrogens (tertiary/aromatic N) is 2. The topological polar surface area (TPSA) is 34.5 Å². The molecule has 0 N–H and O–H groups in total. The summed E-state index contributed by atoms with van der Waals surface area (Å²) in [4.78, 5) is 2.49. The number of fused-ring (bicyclic) bond motifs is 22. The first-order valence-electron chi connectivity index (χ1n) is 28.2. The number of para-hydroxylation sites is 4. The highest BCUT2D eigenvalue weighted by Crippen LogP contribution is 2.64. The molecule has 0 saturated heterocycles. The van der Waals surface area contributed by atoms with Crippen molar-refractivity contribution >= 4 is 82.7 Å². The second-order valence-corrected chi connectivity index (χ2v) is 24.4. The van der Waals surface area contributed by atoms with Crippen molar-refractivity contribution < 1.29 is 8.83 Å². The van der Waals surface area contributed by atoms with E-state index in [2.05, 4.69) is 270 Å². The van der Waals surface area contributed by atoms with E-state index < -0.39 is 0 Å². The van der Waals surface area contributed by atoms with E-state index in [4.69, 9.17) is 8.83 Å². The van der Waals surface area contributed by atoms with Gasteiger partial charge in [0.25, 0.3) is 0 Å². The molecule has 14 aromatic rings. The second-order valence-electron chi connectivity index (χ2n) is 24.4. The van der Waals surface area contributed by atoms with Gasteiger partial charge in [-0.1, -0.05) is 181 Å². The molecular weight excluding hydrogens is 973 g/mol. The van der Waals surface area contributed by atoms with Gasteiger partial charge < -0.3 is 18.3 Å². The second kappa shape index (κ2) is 15.7. The highest BCUT2D eigenvalue weighted by atomic mass is 16.3. The van der Waals surface area contributed by atoms with Gasteiger partial charge in [-0.25, -0.2) is 0 Å². The highest BCUT2D eigenvalue weighted by molar-refractivity contribution is 6.24. The van der Waals surface area contributed by atoms with Crippen molar-refractivity contribution in [3.8, 4) is 50.2 Å². The van der Waals surface area contributed by atoms with E-state index in [1.165, 1.54) is 116 Å². The Morgan fingerprint density at radius 2 is 0.875 bits per heavy atom. The molecule has 382 valence electrons. The van der Waals surface area contributed by atoms with Crippen molar-refractivity contribution in [2.75, 3.05) is 4.90 Å². The van der Waals surface area contributed by atoms with Crippen molar-refractivity contribution in [2.45, 2.75) is 64.7 Å². The van der Waals surface area contributed by atoms with E-state index in [-0.39, 0.29) is 16.2 Å². The van der Waals surface area contributed by atoms with Gasteiger partial charge in [-0.3, -0.25) is 0 Å². The Balaban J connectivity index is 0.868. The molecule has 0 amide bonds. The molecule has 0 bridgehead atoms. The lowest BCUT2D eigenvalue weighted by Gasteiger charge is -2.32. The summed E-state index contributed by atoms with van der Waals surface area (Å²) in [5.41, 5.74) is 28.8. The van der Waals surface area contributed by atoms with Crippen molar-refractivity contribution in [2.24, 2.45) is 0 Å². The van der Waals surface area contributed by atoms with Crippen LogP contribution in [0, 0.1) is 6.92 Å². The van der Waals surface area contributed by atoms with Crippen LogP contribution in [0.15, 0.2) is 221 Å². The molecule has 0 fully saturated rings. The lowest BCUT2D eigenvalue weighted by molar-refractivity contribution is 0.600. The third-order valence-corrected chi connectivity index (χ3v) is 19.0. The molecule has 4 nitrogen and oxygen atoms in total. The molecule has 80 heavy (non-hydrogen) atoms. The third kappa shape index (κ3) is 5.80. The quantitative estimate of drug-likeness (QED) is 0.172. The van der Waals surface area contributed by atoms with E-state index in [1.807, 2.05) is 0 Å². The van der Waals surface area contributed by atoms with Crippen molar-refractivity contribution in [1.82, 2.24) is 4.57 Å². The van der Waals surface area contributed by atoms with Crippen molar-refractivity contribution in [3.05, 3.63) is 251 Å². The Morgan fingerprint density at radius 3 is 1.60 bits per heavy atom. The standard InChI is InChI=1S/C76H56N2O2/c1-43-32-34-45(35-33-43)77(47-37-39-51-58(41-47)76(6,7)70-66(51)68-54-25-14-18-31-63(54)80-73(68)69-49-22-11-15-27-56(49)75(4,5)71(69)70)46-36-38-50-57(40-46)74(2,3)59-42-55(72-67(65(50)59)53-24-13-17-30-62(53)79-72)48-26-19-29-61-64(48)52-23-12-16-28-60(52)78(61)44-20-9-8-10-21-44/h8-42H,1-7H3. The summed E-state index contributed by atoms with van der Waals surface area (Å²) in [5.74, 6) is 0. The first kappa shape index (κ1) is 45.6. The zero-order chi connectivity index (χ0) is 53.7. The SMILES string of the molecule is Cc1ccc(N(c2ccc3c(c2)C(C)(C)c2cc(-c4cccc5c4c4ccccc4n5-c4ccccc4)c4oc5ccccc5c4c2-3)c2ccc3c(c2)C(C)(C)c2c4c(c5oc6ccccc6c5c2-3)-c2ccccc2C4(C)C)cc1. The van der Waals surface area contributed by atoms with Gasteiger partial charge in [0.15, 0.2) is 0 Å². The number of furan rings is 2. The van der Waals surface area contributed by atoms with E-state index >= 15 is 0 Å². The first-order valence-corrected chi connectivity index (χ1v) is 28.2. The summed E-state index contributed by atoms with van der Waals surface area (Å²) < 4.78 is 16.6. The average molecular weight is 1030 g/mol. The lowest BCUT2D eigenvalue weighted by atomic mass is 9.72. The van der Waals surface area contributed by atoms with Crippen LogP contribution in [0.4, 0.5) is 17.1 Å². The van der Waals surface area contributed by atoms with Gasteiger partial charge in [0.1, 0.15) is 22.3 Å². The molecular formula is C76H56N2O2. The zero-order valence-corrected chi connectivity index (χ0v) is 45.9. The van der Waals surface area contributed by atoms with Gasteiger partial charge in [0, 0.05) is 82.4 Å². The number of hydrogen-bond donors (Lipinski definition) is 0. The molecule has 3 aliphatic carbocycles. The van der Waals surface area contributed by atoms with Crippen LogP contribution in [0.5, 0.6) is 0 Å². The fourth-order valence-corrected chi connectivity index (χ4v) is 15.3. The van der Waals surface area contributed by atoms with Crippen LogP contribution in [0.2, 0.25) is 0 Å². The first-order chi connectivity index (χ1) is 38.9. The summed E-state index contributed by atoms with van der Waals surface area (Å²) in [5, 5.41) is 7.13. The predicted octanol–water partition coefficient (Wildman–Crippen LogP) is 20.9. The minimum Gasteiger partial charge on any atom is -0.455 e. The Bertz CT molecular complexity index is 5040. The van der Waals surface area contributed by atoms with Crippen LogP contribution < -0.4 is 4.90 Å². The van der Waals surface area contributed by atoms with Gasteiger partial charge in [0.2, 0.25) is 0 Å². The molecule has 17 rings (SSSR count). The predicted molar refractivity (Wildman–Crippen MR) is 333 cm³/mol. The van der Waals surface area contributed by atoms with Gasteiger partial charge in [-0.2, -0.15) is 0 Å². The zero-order valence-electron chi connectivity index (χ0n) is 45.9. The summed E-state index contributed by atoms with van der Waals surface area (Å²) in [6.45, 7) is 16.8. The fraction of sp³-hybridized carbons (Fsp3) is 0.132. The Kier molecular flexibility index (Phi) is 8.94. The summed E-state index contributed by atoms with van der Waals surface area (Å²) >= 11 is 0. The van der Waals surface area contributed by atoms with E-state index in [0.29, 0.717) is 0 Å². The molecule has 11 aromatic carbocycles. The molecule has 4 heteroatoms. The minimum absolute atomic E-state index is 0.237. The molecule has 3 aromatic heterocycles. The average Bonchev–Trinajstić information content (AvgIpc) is 4.20. The number of rotatable bonds is 5. The number of aryl methyl sites for hydroxylation is 1. The lowest BCUT2D eigenvalue weighted by Crippen LogP contribution is -2.24. The van der Waals surface area contributed by atoms with Gasteiger partial charge in [-0.05, 0) is 153 Å². The van der Waals surface area contributed by atoms with Crippen LogP contribution in [0.3, 0.4) is 0 Å². The van der Waals surface area contributed by atoms with Gasteiger partial charge in [-0.15, -0.1) is 0 Å². The summed E-state index contributed by atoms with van der Waals surface area (Å²) in [6.07, 6.45) is 0. The van der Waals surface area contributed by atoms with E-state index in [1.54, 1.807) is 0 Å². The third-order valence-electron chi connectivity index (χ3n) is 19.0. The van der Waals surface area contributed by atoms with Crippen LogP contribution in [0.1, 0.15) is 80.5 Å². The molecule has 0 atom stereocenters. The van der Waals surface area contributed by atoms with Crippen LogP contribution in [0.25, 0.3) is 116 Å². The van der Waals surface area contributed by atoms with Crippen molar-refractivity contribution in [1.29, 1.82) is 0 Å². The maximum atomic E-state index is 7.13. The van der Waals surface area contributed by atoms with Crippen LogP contribution in [-0.2, 0) is 16.2 Å². The number of benzene rings is 11. The maximum Gasteiger partial charge on any atom is 0.144 e. The number of aromatic nitrogens is 1. The maximum absolute atomic E-state index is 7.13. The number of hydrogen-bond acceptors (Lipinski definition) is 3. The van der Waals surface area contributed by atoms with Gasteiger partial charge in [0.05, 0.1) is 11.0 Å². The van der Waals surface area contributed by atoms with E-state index in [0.717, 1.165) is 56.0 Å². The van der Waals surface area contributed by atoms with Crippen molar-refractivity contribution in [3.63, 3.8) is 0 Å². The molecule has 3 aliphatic rings. The molecule has 0 saturated carbocycles. The minimum atomic E-state index is -0.377. The Hall–Kier alpha value is -9.38. The molecule has 0 aliphatic heterocycles. The molecule has 3 heterocycles. The largest absolute Gasteiger partial charge is 0.455 e. The Labute approximate surface area is 464 Å². The fourth-order valence-electron chi connectivity index (χ4n) is 15.3. The molecule has 0 radical (unpaired) electrons. The van der Waals surface area contributed by atoms with Crippen LogP contribution in [-0.4, -0.2) is 4.57 Å². The summed E-state index contributed by atoms with van der Waals surface area (Å²) in [6, 6.07) is 78.6. The highest BCUT2D eigenvalue weighted by Gasteiger charge is 2.49. The molecule has 0 spiro atoms.